The Morgan fingerprint density at radius 1 is 1.40 bits per heavy atom. The smallest absolute Gasteiger partial charge is 0.207 e. The van der Waals surface area contributed by atoms with Crippen LogP contribution < -0.4 is 0 Å². The van der Waals surface area contributed by atoms with Crippen LogP contribution in [0.15, 0.2) is 29.2 Å². The number of benzene rings is 1. The summed E-state index contributed by atoms with van der Waals surface area (Å²) in [6, 6.07) is 6.82. The minimum atomic E-state index is -3.33. The molecule has 0 spiro atoms. The average Bonchev–Trinajstić information content (AvgIpc) is 2.18. The van der Waals surface area contributed by atoms with Crippen LogP contribution in [-0.4, -0.2) is 32.2 Å². The summed E-state index contributed by atoms with van der Waals surface area (Å²) in [6.07, 6.45) is 0.603. The van der Waals surface area contributed by atoms with E-state index in [9.17, 15) is 8.42 Å². The van der Waals surface area contributed by atoms with Crippen LogP contribution in [-0.2, 0) is 16.4 Å². The summed E-state index contributed by atoms with van der Waals surface area (Å²) < 4.78 is 24.8. The molecule has 0 aliphatic carbocycles. The van der Waals surface area contributed by atoms with Crippen molar-refractivity contribution in [3.05, 3.63) is 29.8 Å². The van der Waals surface area contributed by atoms with Crippen molar-refractivity contribution in [2.75, 3.05) is 14.1 Å². The molecule has 1 rings (SSSR count). The summed E-state index contributed by atoms with van der Waals surface area (Å²) in [5, 5.41) is 1.58. The van der Waals surface area contributed by atoms with Crippen LogP contribution in [0.4, 0.5) is 0 Å². The minimum Gasteiger partial charge on any atom is -0.207 e. The molecule has 0 radical (unpaired) electrons. The molecule has 0 aliphatic rings. The lowest BCUT2D eigenvalue weighted by Gasteiger charge is -2.11. The molecule has 0 aliphatic heterocycles. The Balaban J connectivity index is 3.16. The van der Waals surface area contributed by atoms with Crippen molar-refractivity contribution in [2.24, 2.45) is 0 Å². The van der Waals surface area contributed by atoms with E-state index >= 15 is 0 Å². The molecule has 0 atom stereocenters. The minimum absolute atomic E-state index is 0.307. The number of rotatable bonds is 4. The maximum atomic E-state index is 11.8. The monoisotopic (exact) mass is 243 g/mol. The van der Waals surface area contributed by atoms with Gasteiger partial charge in [-0.3, -0.25) is 0 Å². The Bertz CT molecular complexity index is 452. The fourth-order valence-corrected chi connectivity index (χ4v) is 2.30. The predicted molar refractivity (Wildman–Crippen MR) is 64.7 cm³/mol. The topological polar surface area (TPSA) is 37.4 Å². The second-order valence-electron chi connectivity index (χ2n) is 3.31. The molecule has 0 fully saturated rings. The lowest BCUT2D eigenvalue weighted by atomic mass is 10.2. The van der Waals surface area contributed by atoms with Crippen LogP contribution in [0.3, 0.4) is 0 Å². The fraction of sp³-hybridized carbons (Fsp3) is 0.300. The predicted octanol–water partition coefficient (Wildman–Crippen LogP) is 1.48. The van der Waals surface area contributed by atoms with E-state index in [0.717, 1.165) is 5.56 Å². The van der Waals surface area contributed by atoms with Crippen molar-refractivity contribution < 1.29 is 8.42 Å². The summed E-state index contributed by atoms with van der Waals surface area (Å²) in [4.78, 5) is 0.307. The van der Waals surface area contributed by atoms with E-state index in [1.165, 1.54) is 18.4 Å². The molecule has 0 saturated heterocycles. The molecule has 0 aromatic heterocycles. The third-order valence-corrected chi connectivity index (χ3v) is 3.97. The second kappa shape index (κ2) is 4.83. The van der Waals surface area contributed by atoms with Crippen molar-refractivity contribution in [1.82, 2.24) is 4.31 Å². The number of thiocarbonyl (C=S) groups is 1. The quantitative estimate of drug-likeness (QED) is 0.752. The van der Waals surface area contributed by atoms with Crippen LogP contribution in [0.5, 0.6) is 0 Å². The Labute approximate surface area is 95.8 Å². The number of hydrogen-bond donors (Lipinski definition) is 0. The zero-order valence-corrected chi connectivity index (χ0v) is 10.3. The van der Waals surface area contributed by atoms with Gasteiger partial charge in [-0.05, 0) is 23.1 Å². The van der Waals surface area contributed by atoms with Gasteiger partial charge in [0, 0.05) is 20.5 Å². The van der Waals surface area contributed by atoms with Crippen molar-refractivity contribution in [1.29, 1.82) is 0 Å². The largest absolute Gasteiger partial charge is 0.242 e. The van der Waals surface area contributed by atoms with Crippen LogP contribution in [0.1, 0.15) is 5.56 Å². The van der Waals surface area contributed by atoms with Crippen molar-refractivity contribution >= 4 is 27.6 Å². The summed E-state index contributed by atoms with van der Waals surface area (Å²) in [7, 11) is -0.302. The van der Waals surface area contributed by atoms with Gasteiger partial charge in [0.15, 0.2) is 0 Å². The molecule has 5 heteroatoms. The van der Waals surface area contributed by atoms with Crippen molar-refractivity contribution in [2.45, 2.75) is 11.3 Å². The molecule has 0 heterocycles. The molecule has 3 nitrogen and oxygen atoms in total. The van der Waals surface area contributed by atoms with Gasteiger partial charge in [-0.15, -0.1) is 0 Å². The highest BCUT2D eigenvalue weighted by atomic mass is 32.2. The molecule has 1 aromatic carbocycles. The molecule has 0 saturated carbocycles. The molecular weight excluding hydrogens is 230 g/mol. The first-order chi connectivity index (χ1) is 6.98. The van der Waals surface area contributed by atoms with Gasteiger partial charge in [0.1, 0.15) is 0 Å². The molecule has 0 unspecified atom stereocenters. The highest BCUT2D eigenvalue weighted by molar-refractivity contribution is 7.89. The van der Waals surface area contributed by atoms with Crippen LogP contribution in [0, 0.1) is 0 Å². The Kier molecular flexibility index (Phi) is 3.96. The molecule has 82 valence electrons. The first-order valence-corrected chi connectivity index (χ1v) is 6.34. The van der Waals surface area contributed by atoms with Gasteiger partial charge in [-0.2, -0.15) is 0 Å². The van der Waals surface area contributed by atoms with Crippen LogP contribution >= 0.6 is 12.2 Å². The molecule has 0 bridgehead atoms. The summed E-state index contributed by atoms with van der Waals surface area (Å²) in [6.45, 7) is 0. The van der Waals surface area contributed by atoms with Crippen LogP contribution in [0.2, 0.25) is 0 Å². The van der Waals surface area contributed by atoms with Crippen LogP contribution in [0.25, 0.3) is 0 Å². The van der Waals surface area contributed by atoms with Gasteiger partial charge in [0.2, 0.25) is 10.0 Å². The lowest BCUT2D eigenvalue weighted by Crippen LogP contribution is -2.22. The third kappa shape index (κ3) is 2.84. The lowest BCUT2D eigenvalue weighted by molar-refractivity contribution is 0.520. The van der Waals surface area contributed by atoms with Gasteiger partial charge in [0.25, 0.3) is 0 Å². The molecule has 0 amide bonds. The Morgan fingerprint density at radius 3 is 2.60 bits per heavy atom. The Hall–Kier alpha value is -0.780. The maximum Gasteiger partial charge on any atom is 0.242 e. The van der Waals surface area contributed by atoms with E-state index in [-0.39, 0.29) is 0 Å². The van der Waals surface area contributed by atoms with E-state index < -0.39 is 10.0 Å². The first kappa shape index (κ1) is 12.3. The van der Waals surface area contributed by atoms with Gasteiger partial charge >= 0.3 is 0 Å². The summed E-state index contributed by atoms with van der Waals surface area (Å²) in [5.41, 5.74) is 0.910. The van der Waals surface area contributed by atoms with Gasteiger partial charge in [-0.1, -0.05) is 24.4 Å². The maximum absolute atomic E-state index is 11.8. The summed E-state index contributed by atoms with van der Waals surface area (Å²) >= 11 is 4.74. The summed E-state index contributed by atoms with van der Waals surface area (Å²) in [5.74, 6) is 0. The number of sulfonamides is 1. The van der Waals surface area contributed by atoms with Gasteiger partial charge in [0.05, 0.1) is 4.90 Å². The first-order valence-electron chi connectivity index (χ1n) is 4.43. The van der Waals surface area contributed by atoms with Crippen molar-refractivity contribution in [3.8, 4) is 0 Å². The second-order valence-corrected chi connectivity index (χ2v) is 5.79. The Morgan fingerprint density at radius 2 is 2.07 bits per heavy atom. The number of nitrogens with zero attached hydrogens (tertiary/aromatic N) is 1. The zero-order valence-electron chi connectivity index (χ0n) is 8.67. The molecule has 1 aromatic rings. The number of hydrogen-bond acceptors (Lipinski definition) is 3. The SMILES string of the molecule is CN(C)S(=O)(=O)c1cccc(CC=S)c1. The van der Waals surface area contributed by atoms with E-state index in [2.05, 4.69) is 0 Å². The van der Waals surface area contributed by atoms with E-state index in [1.54, 1.807) is 23.6 Å². The van der Waals surface area contributed by atoms with Crippen molar-refractivity contribution in [3.63, 3.8) is 0 Å². The fourth-order valence-electron chi connectivity index (χ4n) is 1.14. The molecule has 15 heavy (non-hydrogen) atoms. The standard InChI is InChI=1S/C10H13NO2S2/c1-11(2)15(12,13)10-5-3-4-9(8-10)6-7-14/h3-5,7-8H,6H2,1-2H3. The zero-order chi connectivity index (χ0) is 11.5. The normalized spacial score (nSPS) is 11.7. The van der Waals surface area contributed by atoms with E-state index in [4.69, 9.17) is 12.2 Å². The van der Waals surface area contributed by atoms with E-state index in [1.807, 2.05) is 6.07 Å². The van der Waals surface area contributed by atoms with E-state index in [0.29, 0.717) is 11.3 Å². The van der Waals surface area contributed by atoms with Gasteiger partial charge < -0.3 is 0 Å². The molecule has 0 N–H and O–H groups in total. The molecular formula is C10H13NO2S2. The van der Waals surface area contributed by atoms with Gasteiger partial charge in [-0.25, -0.2) is 12.7 Å². The third-order valence-electron chi connectivity index (χ3n) is 2.00. The highest BCUT2D eigenvalue weighted by Crippen LogP contribution is 2.14. The highest BCUT2D eigenvalue weighted by Gasteiger charge is 2.16. The average molecular weight is 243 g/mol.